The number of ether oxygens (including phenoxy) is 2. The van der Waals surface area contributed by atoms with Crippen molar-refractivity contribution in [1.82, 2.24) is 20.2 Å². The summed E-state index contributed by atoms with van der Waals surface area (Å²) in [6, 6.07) is 33.0. The summed E-state index contributed by atoms with van der Waals surface area (Å²) in [5, 5.41) is 15.7. The summed E-state index contributed by atoms with van der Waals surface area (Å²) in [5.74, 6) is -0.270. The van der Waals surface area contributed by atoms with E-state index in [4.69, 9.17) is 9.47 Å². The number of benzene rings is 4. The number of fused-ring (bicyclic) bond motifs is 1. The highest BCUT2D eigenvalue weighted by Crippen LogP contribution is 2.43. The summed E-state index contributed by atoms with van der Waals surface area (Å²) >= 11 is 0. The Morgan fingerprint density at radius 2 is 1.67 bits per heavy atom. The van der Waals surface area contributed by atoms with Crippen molar-refractivity contribution in [2.24, 2.45) is 5.92 Å². The third-order valence-electron chi connectivity index (χ3n) is 10.7. The van der Waals surface area contributed by atoms with Crippen molar-refractivity contribution in [2.45, 2.75) is 50.4 Å². The topological polar surface area (TPSA) is 129 Å². The van der Waals surface area contributed by atoms with Gasteiger partial charge in [0.2, 0.25) is 5.91 Å². The van der Waals surface area contributed by atoms with Gasteiger partial charge >= 0.3 is 0 Å². The fourth-order valence-electron chi connectivity index (χ4n) is 7.75. The summed E-state index contributed by atoms with van der Waals surface area (Å²) in [6.07, 6.45) is 1.73. The number of anilines is 2. The molecule has 0 aliphatic carbocycles. The lowest BCUT2D eigenvalue weighted by Gasteiger charge is -2.46. The van der Waals surface area contributed by atoms with Gasteiger partial charge in [0.15, 0.2) is 6.29 Å². The number of hydrogen-bond acceptors (Lipinski definition) is 9. The van der Waals surface area contributed by atoms with Crippen LogP contribution in [0.3, 0.4) is 0 Å². The average molecular weight is 699 g/mol. The van der Waals surface area contributed by atoms with E-state index in [-0.39, 0.29) is 42.2 Å². The number of aliphatic hydroxyl groups excluding tert-OH is 1. The molecule has 1 spiro atoms. The van der Waals surface area contributed by atoms with E-state index in [1.165, 1.54) is 6.20 Å². The lowest BCUT2D eigenvalue weighted by molar-refractivity contribution is -0.276. The Morgan fingerprint density at radius 3 is 2.44 bits per heavy atom. The van der Waals surface area contributed by atoms with Crippen molar-refractivity contribution in [3.05, 3.63) is 132 Å². The molecule has 0 bridgehead atoms. The van der Waals surface area contributed by atoms with Crippen LogP contribution in [0.1, 0.15) is 59.3 Å². The molecule has 5 aromatic rings. The smallest absolute Gasteiger partial charge is 0.275 e. The van der Waals surface area contributed by atoms with Crippen LogP contribution in [0.2, 0.25) is 0 Å². The molecule has 0 saturated carbocycles. The minimum Gasteiger partial charge on any atom is -0.392 e. The predicted octanol–water partition coefficient (Wildman–Crippen LogP) is 5.59. The maximum Gasteiger partial charge on any atom is 0.275 e. The van der Waals surface area contributed by atoms with Gasteiger partial charge < -0.3 is 35.0 Å². The monoisotopic (exact) mass is 698 g/mol. The predicted molar refractivity (Wildman–Crippen MR) is 197 cm³/mol. The van der Waals surface area contributed by atoms with Gasteiger partial charge in [0, 0.05) is 42.5 Å². The van der Waals surface area contributed by atoms with Crippen LogP contribution in [-0.2, 0) is 20.9 Å². The number of hydrogen-bond donors (Lipinski definition) is 3. The summed E-state index contributed by atoms with van der Waals surface area (Å²) in [5.41, 5.74) is 5.27. The molecule has 4 aromatic carbocycles. The minimum atomic E-state index is -0.702. The van der Waals surface area contributed by atoms with E-state index in [0.717, 1.165) is 41.0 Å². The standard InChI is InChI=1S/C41H42N6O5/c1-27-36(24-46-20-18-41(19-21-46)40(50)43-26-47(41)32-10-3-2-4-11-32)51-39(52-37(27)29-16-14-28(25-48)15-17-29)30-8-7-9-31(22-30)44-38(49)35-23-42-33-12-5-6-13-34(33)45-35/h2-17,22-23,27,36-37,39,48H,18-21,24-26H2,1H3,(H,43,50)(H,44,49). The first kappa shape index (κ1) is 33.9. The van der Waals surface area contributed by atoms with Crippen LogP contribution in [0.15, 0.2) is 109 Å². The molecule has 52 heavy (non-hydrogen) atoms. The third kappa shape index (κ3) is 6.64. The lowest BCUT2D eigenvalue weighted by atomic mass is 9.84. The second-order valence-corrected chi connectivity index (χ2v) is 13.9. The SMILES string of the molecule is CC1C(CN2CCC3(CC2)C(=O)NCN3c2ccccc2)OC(c2cccc(NC(=O)c3cnc4ccccc4n3)c2)OC1c1ccc(CO)cc1. The second-order valence-electron chi connectivity index (χ2n) is 13.9. The normalized spacial score (nSPS) is 23.1. The second kappa shape index (κ2) is 14.4. The molecule has 4 atom stereocenters. The molecule has 0 radical (unpaired) electrons. The highest BCUT2D eigenvalue weighted by molar-refractivity contribution is 6.03. The van der Waals surface area contributed by atoms with Gasteiger partial charge in [0.05, 0.1) is 42.7 Å². The highest BCUT2D eigenvalue weighted by atomic mass is 16.7. The number of piperidine rings is 1. The molecule has 4 heterocycles. The van der Waals surface area contributed by atoms with Crippen molar-refractivity contribution >= 4 is 34.2 Å². The van der Waals surface area contributed by atoms with Crippen LogP contribution in [0.4, 0.5) is 11.4 Å². The molecule has 3 aliphatic heterocycles. The number of nitrogens with one attached hydrogen (secondary N) is 2. The van der Waals surface area contributed by atoms with Gasteiger partial charge in [-0.2, -0.15) is 0 Å². The first-order valence-electron chi connectivity index (χ1n) is 17.9. The zero-order valence-electron chi connectivity index (χ0n) is 29.0. The van der Waals surface area contributed by atoms with Crippen molar-refractivity contribution in [3.8, 4) is 0 Å². The van der Waals surface area contributed by atoms with E-state index in [9.17, 15) is 14.7 Å². The molecular formula is C41H42N6O5. The fraction of sp³-hybridized carbons (Fsp3) is 0.317. The molecule has 11 heteroatoms. The Kier molecular flexibility index (Phi) is 9.42. The number of nitrogens with zero attached hydrogens (tertiary/aromatic N) is 4. The molecule has 3 saturated heterocycles. The third-order valence-corrected chi connectivity index (χ3v) is 10.7. The molecule has 3 fully saturated rings. The van der Waals surface area contributed by atoms with Gasteiger partial charge in [-0.1, -0.05) is 73.7 Å². The molecule has 11 nitrogen and oxygen atoms in total. The van der Waals surface area contributed by atoms with Gasteiger partial charge in [0.1, 0.15) is 11.2 Å². The van der Waals surface area contributed by atoms with E-state index in [2.05, 4.69) is 49.5 Å². The van der Waals surface area contributed by atoms with Gasteiger partial charge in [-0.15, -0.1) is 0 Å². The number of para-hydroxylation sites is 3. The summed E-state index contributed by atoms with van der Waals surface area (Å²) in [4.78, 5) is 40.0. The fourth-order valence-corrected chi connectivity index (χ4v) is 7.75. The quantitative estimate of drug-likeness (QED) is 0.190. The number of carbonyl (C=O) groups is 2. The van der Waals surface area contributed by atoms with Gasteiger partial charge in [0.25, 0.3) is 5.91 Å². The van der Waals surface area contributed by atoms with E-state index >= 15 is 0 Å². The van der Waals surface area contributed by atoms with Crippen molar-refractivity contribution < 1.29 is 24.2 Å². The minimum absolute atomic E-state index is 0.00271. The van der Waals surface area contributed by atoms with Crippen LogP contribution in [0.5, 0.6) is 0 Å². The van der Waals surface area contributed by atoms with Crippen molar-refractivity contribution in [2.75, 3.05) is 36.5 Å². The zero-order valence-corrected chi connectivity index (χ0v) is 29.0. The summed E-state index contributed by atoms with van der Waals surface area (Å²) < 4.78 is 13.5. The molecule has 3 aliphatic rings. The molecule has 8 rings (SSSR count). The molecule has 266 valence electrons. The Labute approximate surface area is 302 Å². The van der Waals surface area contributed by atoms with Crippen molar-refractivity contribution in [1.29, 1.82) is 0 Å². The molecule has 1 aromatic heterocycles. The number of aliphatic hydroxyl groups is 1. The first-order valence-corrected chi connectivity index (χ1v) is 17.9. The maximum atomic E-state index is 13.3. The number of aromatic nitrogens is 2. The number of rotatable bonds is 8. The molecule has 4 unspecified atom stereocenters. The van der Waals surface area contributed by atoms with Crippen LogP contribution < -0.4 is 15.5 Å². The van der Waals surface area contributed by atoms with Gasteiger partial charge in [-0.05, 0) is 60.4 Å². The molecule has 3 N–H and O–H groups in total. The van der Waals surface area contributed by atoms with Crippen LogP contribution >= 0.6 is 0 Å². The highest BCUT2D eigenvalue weighted by Gasteiger charge is 2.51. The Morgan fingerprint density at radius 1 is 0.923 bits per heavy atom. The molecule has 2 amide bonds. The average Bonchev–Trinajstić information content (AvgIpc) is 3.50. The Bertz CT molecular complexity index is 2050. The zero-order chi connectivity index (χ0) is 35.7. The van der Waals surface area contributed by atoms with Crippen molar-refractivity contribution in [3.63, 3.8) is 0 Å². The number of likely N-dealkylation sites (tertiary alicyclic amines) is 1. The Balaban J connectivity index is 1.01. The number of amides is 2. The Hall–Kier alpha value is -5.20. The van der Waals surface area contributed by atoms with E-state index in [1.807, 2.05) is 91.0 Å². The maximum absolute atomic E-state index is 13.3. The largest absolute Gasteiger partial charge is 0.392 e. The van der Waals surface area contributed by atoms with E-state index < -0.39 is 11.8 Å². The summed E-state index contributed by atoms with van der Waals surface area (Å²) in [6.45, 7) is 4.81. The van der Waals surface area contributed by atoms with Crippen LogP contribution in [-0.4, -0.2) is 69.7 Å². The number of carbonyl (C=O) groups excluding carboxylic acids is 2. The van der Waals surface area contributed by atoms with Crippen LogP contribution in [0.25, 0.3) is 11.0 Å². The van der Waals surface area contributed by atoms with Gasteiger partial charge in [-0.25, -0.2) is 4.98 Å². The summed E-state index contributed by atoms with van der Waals surface area (Å²) in [7, 11) is 0. The van der Waals surface area contributed by atoms with Gasteiger partial charge in [-0.3, -0.25) is 14.6 Å². The lowest BCUT2D eigenvalue weighted by Crippen LogP contribution is -2.57. The van der Waals surface area contributed by atoms with Crippen LogP contribution in [0, 0.1) is 5.92 Å². The molecular weight excluding hydrogens is 656 g/mol. The van der Waals surface area contributed by atoms with E-state index in [1.54, 1.807) is 0 Å². The first-order chi connectivity index (χ1) is 25.4. The van der Waals surface area contributed by atoms with E-state index in [0.29, 0.717) is 37.3 Å².